The Labute approximate surface area is 261 Å². The zero-order valence-electron chi connectivity index (χ0n) is 24.3. The summed E-state index contributed by atoms with van der Waals surface area (Å²) in [6, 6.07) is 20.1. The third kappa shape index (κ3) is 8.10. The Hall–Kier alpha value is -4.20. The van der Waals surface area contributed by atoms with Gasteiger partial charge in [0.25, 0.3) is 5.91 Å². The van der Waals surface area contributed by atoms with Gasteiger partial charge in [-0.3, -0.25) is 4.79 Å². The summed E-state index contributed by atoms with van der Waals surface area (Å²) in [7, 11) is 0. The van der Waals surface area contributed by atoms with Crippen LogP contribution in [0.2, 0.25) is 0 Å². The molecule has 1 fully saturated rings. The summed E-state index contributed by atoms with van der Waals surface area (Å²) < 4.78 is 57.2. The summed E-state index contributed by atoms with van der Waals surface area (Å²) >= 11 is 1.14. The van der Waals surface area contributed by atoms with E-state index >= 15 is 4.39 Å². The van der Waals surface area contributed by atoms with Crippen molar-refractivity contribution in [1.82, 2.24) is 15.1 Å². The summed E-state index contributed by atoms with van der Waals surface area (Å²) in [5, 5.41) is 19.6. The number of hydrogen-bond acceptors (Lipinski definition) is 6. The van der Waals surface area contributed by atoms with Crippen LogP contribution in [-0.4, -0.2) is 44.5 Å². The number of nitrogens with zero attached hydrogens (tertiary/aromatic N) is 3. The Bertz CT molecular complexity index is 1670. The lowest BCUT2D eigenvalue weighted by Gasteiger charge is -2.21. The van der Waals surface area contributed by atoms with E-state index in [0.717, 1.165) is 41.4 Å². The molecule has 0 aliphatic heterocycles. The number of carbonyl (C=O) groups is 1. The number of anilines is 1. The number of nitrogens with two attached hydrogens (primary N) is 1. The van der Waals surface area contributed by atoms with Crippen LogP contribution in [0.5, 0.6) is 0 Å². The van der Waals surface area contributed by atoms with Crippen molar-refractivity contribution < 1.29 is 27.5 Å². The summed E-state index contributed by atoms with van der Waals surface area (Å²) in [4.78, 5) is 17.5. The van der Waals surface area contributed by atoms with Crippen molar-refractivity contribution in [1.29, 1.82) is 0 Å². The first-order chi connectivity index (χ1) is 21.5. The summed E-state index contributed by atoms with van der Waals surface area (Å²) in [5.41, 5.74) is 4.91. The molecule has 2 atom stereocenters. The standard InChI is InChI=1S/C32H32F4N6O2S/c1-2-45-31(44)40-29(37)22-9-6-10-23(15-22)42-26(17-27(41-42)32(34,35)36)30(43)39-25-16-21(13-14-24(25)33)28(38-18-19-11-12-19)20-7-4-3-5-8-20/h3-10,13-17,19,28,31,38,44H,2,11-12,18H2,1H3,(H2,37,40)(H,39,43). The maximum Gasteiger partial charge on any atom is 0.435 e. The Morgan fingerprint density at radius 3 is 2.53 bits per heavy atom. The molecule has 2 unspecified atom stereocenters. The van der Waals surface area contributed by atoms with Gasteiger partial charge < -0.3 is 21.5 Å². The number of halogens is 4. The molecule has 4 aromatic rings. The second kappa shape index (κ2) is 13.8. The minimum absolute atomic E-state index is 0.0540. The highest BCUT2D eigenvalue weighted by Crippen LogP contribution is 2.32. The fourth-order valence-corrected chi connectivity index (χ4v) is 5.23. The molecule has 0 saturated heterocycles. The van der Waals surface area contributed by atoms with Crippen LogP contribution in [0.1, 0.15) is 58.7 Å². The van der Waals surface area contributed by atoms with Crippen LogP contribution in [0.4, 0.5) is 23.2 Å². The van der Waals surface area contributed by atoms with E-state index in [1.807, 2.05) is 37.3 Å². The molecular weight excluding hydrogens is 608 g/mol. The SMILES string of the molecule is CCSC(O)N=C(N)c1cccc(-n2nc(C(F)(F)F)cc2C(=O)Nc2cc(C(NCC3CC3)c3ccccc3)ccc2F)c1. The third-order valence-corrected chi connectivity index (χ3v) is 7.93. The molecule has 5 rings (SSSR count). The Kier molecular flexibility index (Phi) is 9.90. The lowest BCUT2D eigenvalue weighted by molar-refractivity contribution is -0.141. The Balaban J connectivity index is 1.47. The first-order valence-corrected chi connectivity index (χ1v) is 15.4. The molecular formula is C32H32F4N6O2S. The lowest BCUT2D eigenvalue weighted by atomic mass is 9.97. The number of hydrogen-bond donors (Lipinski definition) is 4. The number of aliphatic hydroxyl groups is 1. The van der Waals surface area contributed by atoms with E-state index in [9.17, 15) is 23.1 Å². The van der Waals surface area contributed by atoms with Gasteiger partial charge in [0, 0.05) is 11.6 Å². The minimum Gasteiger partial charge on any atom is -0.383 e. The van der Waals surface area contributed by atoms with Gasteiger partial charge >= 0.3 is 6.18 Å². The van der Waals surface area contributed by atoms with Gasteiger partial charge in [0.15, 0.2) is 11.3 Å². The number of nitrogens with one attached hydrogen (secondary N) is 2. The van der Waals surface area contributed by atoms with Crippen LogP contribution in [0, 0.1) is 11.7 Å². The van der Waals surface area contributed by atoms with Crippen molar-refractivity contribution in [3.05, 3.63) is 113 Å². The Morgan fingerprint density at radius 1 is 1.09 bits per heavy atom. The average molecular weight is 641 g/mol. The molecule has 1 aliphatic carbocycles. The molecule has 0 spiro atoms. The van der Waals surface area contributed by atoms with Crippen LogP contribution in [0.3, 0.4) is 0 Å². The van der Waals surface area contributed by atoms with Crippen molar-refractivity contribution in [2.24, 2.45) is 16.6 Å². The molecule has 1 saturated carbocycles. The van der Waals surface area contributed by atoms with Gasteiger partial charge in [0.05, 0.1) is 17.4 Å². The van der Waals surface area contributed by atoms with Crippen LogP contribution >= 0.6 is 11.8 Å². The van der Waals surface area contributed by atoms with Gasteiger partial charge in [-0.2, -0.15) is 18.3 Å². The van der Waals surface area contributed by atoms with Crippen LogP contribution < -0.4 is 16.4 Å². The molecule has 1 aliphatic rings. The van der Waals surface area contributed by atoms with Gasteiger partial charge in [-0.25, -0.2) is 14.1 Å². The quantitative estimate of drug-likeness (QED) is 0.0643. The number of benzene rings is 3. The topological polar surface area (TPSA) is 118 Å². The fraction of sp³-hybridized carbons (Fsp3) is 0.281. The summed E-state index contributed by atoms with van der Waals surface area (Å²) in [6.07, 6.45) is -2.59. The first-order valence-electron chi connectivity index (χ1n) is 14.3. The number of amides is 1. The lowest BCUT2D eigenvalue weighted by Crippen LogP contribution is -2.25. The Morgan fingerprint density at radius 2 is 1.84 bits per heavy atom. The van der Waals surface area contributed by atoms with E-state index in [4.69, 9.17) is 5.73 Å². The van der Waals surface area contributed by atoms with E-state index < -0.39 is 34.8 Å². The molecule has 3 aromatic carbocycles. The molecule has 236 valence electrons. The van der Waals surface area contributed by atoms with Gasteiger partial charge in [0.2, 0.25) is 0 Å². The number of aromatic nitrogens is 2. The van der Waals surface area contributed by atoms with Crippen molar-refractivity contribution >= 4 is 29.2 Å². The van der Waals surface area contributed by atoms with E-state index in [1.54, 1.807) is 12.1 Å². The van der Waals surface area contributed by atoms with Gasteiger partial charge in [-0.05, 0) is 66.4 Å². The van der Waals surface area contributed by atoms with E-state index in [0.29, 0.717) is 28.9 Å². The molecule has 5 N–H and O–H groups in total. The molecule has 1 amide bonds. The monoisotopic (exact) mass is 640 g/mol. The molecule has 1 heterocycles. The molecule has 0 radical (unpaired) electrons. The number of aliphatic hydroxyl groups excluding tert-OH is 1. The molecule has 8 nitrogen and oxygen atoms in total. The van der Waals surface area contributed by atoms with Crippen molar-refractivity contribution in [2.45, 2.75) is 37.5 Å². The highest BCUT2D eigenvalue weighted by atomic mass is 32.2. The maximum absolute atomic E-state index is 15.1. The van der Waals surface area contributed by atoms with Gasteiger partial charge in [-0.1, -0.05) is 55.5 Å². The third-order valence-electron chi connectivity index (χ3n) is 7.20. The predicted octanol–water partition coefficient (Wildman–Crippen LogP) is 6.11. The minimum atomic E-state index is -4.86. The van der Waals surface area contributed by atoms with Crippen molar-refractivity contribution in [3.8, 4) is 5.69 Å². The van der Waals surface area contributed by atoms with Crippen LogP contribution in [0.15, 0.2) is 83.9 Å². The van der Waals surface area contributed by atoms with Crippen LogP contribution in [-0.2, 0) is 6.18 Å². The summed E-state index contributed by atoms with van der Waals surface area (Å²) in [5.74, 6) is -0.658. The molecule has 45 heavy (non-hydrogen) atoms. The van der Waals surface area contributed by atoms with Crippen molar-refractivity contribution in [2.75, 3.05) is 17.6 Å². The number of rotatable bonds is 12. The number of thioether (sulfide) groups is 1. The predicted molar refractivity (Wildman–Crippen MR) is 167 cm³/mol. The van der Waals surface area contributed by atoms with Crippen LogP contribution in [0.25, 0.3) is 5.69 Å². The van der Waals surface area contributed by atoms with E-state index in [2.05, 4.69) is 20.7 Å². The number of aliphatic imine (C=N–C) groups is 1. The number of alkyl halides is 3. The number of carbonyl (C=O) groups excluding carboxylic acids is 1. The number of amidine groups is 1. The van der Waals surface area contributed by atoms with E-state index in [1.165, 1.54) is 30.3 Å². The van der Waals surface area contributed by atoms with Crippen molar-refractivity contribution in [3.63, 3.8) is 0 Å². The summed E-state index contributed by atoms with van der Waals surface area (Å²) in [6.45, 7) is 2.60. The zero-order valence-corrected chi connectivity index (χ0v) is 25.1. The second-order valence-corrected chi connectivity index (χ2v) is 11.9. The largest absolute Gasteiger partial charge is 0.435 e. The normalized spacial score (nSPS) is 15.1. The van der Waals surface area contributed by atoms with Gasteiger partial charge in [0.1, 0.15) is 17.3 Å². The average Bonchev–Trinajstić information content (AvgIpc) is 3.72. The van der Waals surface area contributed by atoms with Gasteiger partial charge in [-0.15, -0.1) is 11.8 Å². The molecule has 13 heteroatoms. The maximum atomic E-state index is 15.1. The van der Waals surface area contributed by atoms with E-state index in [-0.39, 0.29) is 23.3 Å². The highest BCUT2D eigenvalue weighted by molar-refractivity contribution is 7.99. The fourth-order valence-electron chi connectivity index (χ4n) is 4.74. The first kappa shape index (κ1) is 32.2. The molecule has 0 bridgehead atoms. The second-order valence-electron chi connectivity index (χ2n) is 10.6. The smallest absolute Gasteiger partial charge is 0.383 e. The molecule has 1 aromatic heterocycles. The highest BCUT2D eigenvalue weighted by Gasteiger charge is 2.36. The zero-order chi connectivity index (χ0) is 32.1.